The van der Waals surface area contributed by atoms with Crippen LogP contribution < -0.4 is 0 Å². The third-order valence-electron chi connectivity index (χ3n) is 15.1. The van der Waals surface area contributed by atoms with E-state index in [4.69, 9.17) is 9.47 Å². The Hall–Kier alpha value is -1.67. The second-order valence-corrected chi connectivity index (χ2v) is 22.5. The molecule has 0 rings (SSSR count). The van der Waals surface area contributed by atoms with Gasteiger partial charge in [-0.15, -0.1) is 0 Å². The molecular weight excluding hydrogens is 929 g/mol. The summed E-state index contributed by atoms with van der Waals surface area (Å²) in [6.07, 6.45) is 54.8. The van der Waals surface area contributed by atoms with Crippen LogP contribution in [0.5, 0.6) is 0 Å². The molecule has 0 radical (unpaired) electrons. The number of amides is 1. The molecule has 0 bridgehead atoms. The molecule has 0 fully saturated rings. The molecule has 450 valence electrons. The van der Waals surface area contributed by atoms with Gasteiger partial charge in [-0.25, -0.2) is 0 Å². The Balaban J connectivity index is -0.00000196. The van der Waals surface area contributed by atoms with E-state index < -0.39 is 0 Å². The Bertz CT molecular complexity index is 1120. The lowest BCUT2D eigenvalue weighted by Gasteiger charge is -2.24. The first-order valence-electron chi connectivity index (χ1n) is 33.6. The highest BCUT2D eigenvalue weighted by Gasteiger charge is 2.15. The quantitative estimate of drug-likeness (QED) is 0.0479. The van der Waals surface area contributed by atoms with Crippen molar-refractivity contribution in [3.63, 3.8) is 0 Å². The maximum absolute atomic E-state index is 13.1. The molecule has 75 heavy (non-hydrogen) atoms. The molecule has 1 N–H and O–H groups in total. The largest absolute Gasteiger partial charge is 0.466 e. The predicted molar refractivity (Wildman–Crippen MR) is 328 cm³/mol. The van der Waals surface area contributed by atoms with Crippen molar-refractivity contribution in [3.8, 4) is 0 Å². The van der Waals surface area contributed by atoms with Crippen LogP contribution in [0.3, 0.4) is 0 Å². The van der Waals surface area contributed by atoms with E-state index in [1.165, 1.54) is 251 Å². The van der Waals surface area contributed by atoms with Crippen molar-refractivity contribution >= 4 is 17.8 Å². The first-order valence-corrected chi connectivity index (χ1v) is 33.6. The Kier molecular flexibility index (Phi) is 68.9. The van der Waals surface area contributed by atoms with Crippen molar-refractivity contribution in [2.45, 2.75) is 351 Å². The zero-order chi connectivity index (χ0) is 55.9. The van der Waals surface area contributed by atoms with Crippen LogP contribution in [-0.4, -0.2) is 85.3 Å². The van der Waals surface area contributed by atoms with Gasteiger partial charge in [0.1, 0.15) is 0 Å². The minimum Gasteiger partial charge on any atom is -0.466 e. The smallest absolute Gasteiger partial charge is 0.305 e. The zero-order valence-corrected chi connectivity index (χ0v) is 52.5. The van der Waals surface area contributed by atoms with Crippen LogP contribution in [0.2, 0.25) is 0 Å². The maximum atomic E-state index is 13.1. The fourth-order valence-corrected chi connectivity index (χ4v) is 10.2. The summed E-state index contributed by atoms with van der Waals surface area (Å²) in [4.78, 5) is 41.3. The lowest BCUT2D eigenvalue weighted by molar-refractivity contribution is -0.145. The summed E-state index contributed by atoms with van der Waals surface area (Å²) < 4.78 is 11.0. The average molecular weight is 1070 g/mol. The van der Waals surface area contributed by atoms with Gasteiger partial charge in [0.15, 0.2) is 0 Å². The first-order chi connectivity index (χ1) is 36.7. The number of aliphatic hydroxyl groups excluding tert-OH is 1. The second-order valence-electron chi connectivity index (χ2n) is 22.5. The molecule has 0 aliphatic heterocycles. The molecule has 0 saturated carbocycles. The fraction of sp³-hybridized carbons (Fsp3) is 0.955. The number of rotatable bonds is 57. The van der Waals surface area contributed by atoms with Crippen molar-refractivity contribution in [1.82, 2.24) is 9.80 Å². The summed E-state index contributed by atoms with van der Waals surface area (Å²) in [7, 11) is 0. The number of carbonyl (C=O) groups is 3. The van der Waals surface area contributed by atoms with E-state index >= 15 is 0 Å². The van der Waals surface area contributed by atoms with E-state index in [1.54, 1.807) is 0 Å². The van der Waals surface area contributed by atoms with Gasteiger partial charge in [-0.05, 0) is 102 Å². The first kappa shape index (κ1) is 77.6. The third-order valence-corrected chi connectivity index (χ3v) is 15.1. The molecule has 2 unspecified atom stereocenters. The van der Waals surface area contributed by atoms with Crippen LogP contribution in [0.4, 0.5) is 0 Å². The van der Waals surface area contributed by atoms with Crippen LogP contribution in [0.1, 0.15) is 351 Å². The molecule has 8 nitrogen and oxygen atoms in total. The van der Waals surface area contributed by atoms with Crippen molar-refractivity contribution in [3.05, 3.63) is 0 Å². The molecule has 0 spiro atoms. The molecular formula is C67H136N2O6. The van der Waals surface area contributed by atoms with Gasteiger partial charge in [0, 0.05) is 39.5 Å². The number of hydrogen-bond acceptors (Lipinski definition) is 7. The lowest BCUT2D eigenvalue weighted by Crippen LogP contribution is -2.33. The van der Waals surface area contributed by atoms with E-state index in [9.17, 15) is 19.5 Å². The van der Waals surface area contributed by atoms with E-state index in [1.807, 2.05) is 18.7 Å². The van der Waals surface area contributed by atoms with Crippen molar-refractivity contribution < 1.29 is 29.0 Å². The zero-order valence-electron chi connectivity index (χ0n) is 52.5. The van der Waals surface area contributed by atoms with Crippen molar-refractivity contribution in [1.29, 1.82) is 0 Å². The number of unbranched alkanes of at least 4 members (excludes halogenated alkanes) is 30. The molecule has 0 aromatic rings. The summed E-state index contributed by atoms with van der Waals surface area (Å²) in [5, 5.41) is 9.36. The number of aliphatic hydroxyl groups is 1. The van der Waals surface area contributed by atoms with Gasteiger partial charge in [0.25, 0.3) is 0 Å². The summed E-state index contributed by atoms with van der Waals surface area (Å²) in [6, 6.07) is 0. The average Bonchev–Trinajstić information content (AvgIpc) is 3.41. The number of ether oxygens (including phenoxy) is 2. The summed E-state index contributed by atoms with van der Waals surface area (Å²) in [6.45, 7) is 25.4. The second kappa shape index (κ2) is 66.6. The van der Waals surface area contributed by atoms with Crippen molar-refractivity contribution in [2.75, 3.05) is 52.5 Å². The minimum absolute atomic E-state index is 0.0122. The van der Waals surface area contributed by atoms with Gasteiger partial charge in [-0.1, -0.05) is 261 Å². The van der Waals surface area contributed by atoms with E-state index in [0.717, 1.165) is 51.7 Å². The Morgan fingerprint density at radius 2 is 0.653 bits per heavy atom. The van der Waals surface area contributed by atoms with E-state index in [-0.39, 0.29) is 24.5 Å². The molecule has 0 aromatic carbocycles. The van der Waals surface area contributed by atoms with Gasteiger partial charge < -0.3 is 24.4 Å². The Morgan fingerprint density at radius 1 is 0.360 bits per heavy atom. The normalized spacial score (nSPS) is 11.9. The van der Waals surface area contributed by atoms with Crippen LogP contribution in [0, 0.1) is 11.8 Å². The molecule has 1 amide bonds. The lowest BCUT2D eigenvalue weighted by atomic mass is 9.95. The van der Waals surface area contributed by atoms with Gasteiger partial charge >= 0.3 is 11.9 Å². The van der Waals surface area contributed by atoms with Crippen LogP contribution in [0.25, 0.3) is 0 Å². The third kappa shape index (κ3) is 61.4. The SMILES string of the molecule is CC.CCCCCCCCC(CCCCCC)COC(=O)CCCCCCCN(CCCCCCC)CCCCC(=O)N(CCCO)CCCCCCCC.CCCCCCCCC(CCCCCC)COC(C)=O. The predicted octanol–water partition coefficient (Wildman–Crippen LogP) is 20.1. The number of carbonyl (C=O) groups excluding carboxylic acids is 3. The Labute approximate surface area is 470 Å². The molecule has 0 saturated heterocycles. The fourth-order valence-electron chi connectivity index (χ4n) is 10.2. The summed E-state index contributed by atoms with van der Waals surface area (Å²) >= 11 is 0. The van der Waals surface area contributed by atoms with Crippen molar-refractivity contribution in [2.24, 2.45) is 11.8 Å². The van der Waals surface area contributed by atoms with Gasteiger partial charge in [0.05, 0.1) is 13.2 Å². The highest BCUT2D eigenvalue weighted by Crippen LogP contribution is 2.22. The molecule has 0 heterocycles. The highest BCUT2D eigenvalue weighted by molar-refractivity contribution is 5.76. The highest BCUT2D eigenvalue weighted by atomic mass is 16.5. The van der Waals surface area contributed by atoms with Crippen LogP contribution in [-0.2, 0) is 23.9 Å². The molecule has 2 atom stereocenters. The standard InChI is InChI=1S/C47H94N2O4.C18H36O2.C2H6/c1-5-9-13-17-20-26-35-45(34-25-16-12-8-4)44-53-47(52)37-27-21-19-23-30-39-48(38-29-22-15-11-7-3)40-32-28-36-46(51)49(42-33-43-50)41-31-24-18-14-10-6-2;1-4-6-8-10-11-13-15-18(16-20-17(3)19)14-12-9-7-5-2;1-2/h45,50H,5-44H2,1-4H3;18H,4-16H2,1-3H3;1-2H3. The van der Waals surface area contributed by atoms with E-state index in [2.05, 4.69) is 46.4 Å². The summed E-state index contributed by atoms with van der Waals surface area (Å²) in [5.74, 6) is 1.28. The number of esters is 2. The van der Waals surface area contributed by atoms with E-state index in [0.29, 0.717) is 50.9 Å². The minimum atomic E-state index is -0.133. The van der Waals surface area contributed by atoms with Gasteiger partial charge in [-0.2, -0.15) is 0 Å². The summed E-state index contributed by atoms with van der Waals surface area (Å²) in [5.41, 5.74) is 0. The van der Waals surface area contributed by atoms with Crippen LogP contribution in [0.15, 0.2) is 0 Å². The molecule has 0 aliphatic carbocycles. The van der Waals surface area contributed by atoms with Crippen LogP contribution >= 0.6 is 0 Å². The molecule has 0 aliphatic rings. The number of hydrogen-bond donors (Lipinski definition) is 1. The molecule has 0 aromatic heterocycles. The topological polar surface area (TPSA) is 96.4 Å². The maximum Gasteiger partial charge on any atom is 0.305 e. The Morgan fingerprint density at radius 3 is 1.04 bits per heavy atom. The van der Waals surface area contributed by atoms with Gasteiger partial charge in [-0.3, -0.25) is 14.4 Å². The van der Waals surface area contributed by atoms with Gasteiger partial charge in [0.2, 0.25) is 5.91 Å². The number of nitrogens with zero attached hydrogens (tertiary/aromatic N) is 2. The molecule has 8 heteroatoms. The monoisotopic (exact) mass is 1070 g/mol.